The van der Waals surface area contributed by atoms with Crippen molar-refractivity contribution in [3.8, 4) is 0 Å². The van der Waals surface area contributed by atoms with E-state index in [1.807, 2.05) is 0 Å². The van der Waals surface area contributed by atoms with Crippen molar-refractivity contribution in [1.29, 1.82) is 0 Å². The zero-order valence-corrected chi connectivity index (χ0v) is 20.1. The van der Waals surface area contributed by atoms with Crippen molar-refractivity contribution >= 4 is 58.3 Å². The van der Waals surface area contributed by atoms with Gasteiger partial charge in [-0.05, 0) is 25.7 Å². The maximum absolute atomic E-state index is 4.89. The average molecular weight is 418 g/mol. The Balaban J connectivity index is -0.000000295. The largest absolute Gasteiger partial charge is 2.00 e. The summed E-state index contributed by atoms with van der Waals surface area (Å²) in [6.07, 6.45) is 4.49. The smallest absolute Gasteiger partial charge is 0.411 e. The van der Waals surface area contributed by atoms with Gasteiger partial charge in [0.25, 0.3) is 0 Å². The Hall–Kier alpha value is 0.843. The van der Waals surface area contributed by atoms with E-state index in [0.29, 0.717) is 8.64 Å². The third kappa shape index (κ3) is 17.0. The summed E-state index contributed by atoms with van der Waals surface area (Å²) in [5.74, 6) is 0. The van der Waals surface area contributed by atoms with Crippen molar-refractivity contribution in [2.45, 2.75) is 53.4 Å². The van der Waals surface area contributed by atoms with Gasteiger partial charge in [0.05, 0.1) is 0 Å². The summed E-state index contributed by atoms with van der Waals surface area (Å²) < 4.78 is 1.23. The van der Waals surface area contributed by atoms with Crippen LogP contribution in [0.15, 0.2) is 0 Å². The molecule has 0 saturated heterocycles. The van der Waals surface area contributed by atoms with Crippen molar-refractivity contribution in [3.63, 3.8) is 0 Å². The van der Waals surface area contributed by atoms with E-state index in [0.717, 1.165) is 51.9 Å². The first-order chi connectivity index (χ1) is 9.44. The van der Waals surface area contributed by atoms with E-state index < -0.39 is 0 Å². The molecule has 0 aromatic carbocycles. The summed E-state index contributed by atoms with van der Waals surface area (Å²) in [7, 11) is 0. The summed E-state index contributed by atoms with van der Waals surface area (Å²) in [6.45, 7) is 12.6. The molecule has 0 fully saturated rings. The molecular weight excluding hydrogens is 390 g/mol. The number of hydrogen-bond acceptors (Lipinski definition) is 4. The Kier molecular flexibility index (Phi) is 24.0. The molecule has 0 saturated carbocycles. The predicted octanol–water partition coefficient (Wildman–Crippen LogP) is 3.88. The second-order valence-electron chi connectivity index (χ2n) is 4.51. The summed E-state index contributed by atoms with van der Waals surface area (Å²) in [4.78, 5) is 4.15. The van der Waals surface area contributed by atoms with Gasteiger partial charge in [-0.3, -0.25) is 0 Å². The van der Waals surface area contributed by atoms with E-state index in [2.05, 4.69) is 37.5 Å². The maximum Gasteiger partial charge on any atom is 2.00 e. The fourth-order valence-electron chi connectivity index (χ4n) is 1.67. The Morgan fingerprint density at radius 3 is 0.952 bits per heavy atom. The first-order valence-electron chi connectivity index (χ1n) is 7.36. The van der Waals surface area contributed by atoms with E-state index in [4.69, 9.17) is 49.7 Å². The van der Waals surface area contributed by atoms with Crippen LogP contribution in [0.1, 0.15) is 53.4 Å². The summed E-state index contributed by atoms with van der Waals surface area (Å²) in [5.41, 5.74) is 0. The molecule has 0 atom stereocenters. The van der Waals surface area contributed by atoms with E-state index in [-0.39, 0.29) is 19.5 Å². The Morgan fingerprint density at radius 2 is 0.857 bits per heavy atom. The van der Waals surface area contributed by atoms with Crippen molar-refractivity contribution in [2.75, 3.05) is 26.2 Å². The molecule has 0 unspecified atom stereocenters. The molecule has 0 aliphatic heterocycles. The topological polar surface area (TPSA) is 6.48 Å². The third-order valence-electron chi connectivity index (χ3n) is 2.49. The second kappa shape index (κ2) is 18.9. The van der Waals surface area contributed by atoms with Crippen molar-refractivity contribution in [2.24, 2.45) is 0 Å². The molecular formula is C14H28N2S4Zn. The minimum atomic E-state index is 0. The van der Waals surface area contributed by atoms with Crippen LogP contribution in [0, 0.1) is 0 Å². The molecule has 0 heterocycles. The van der Waals surface area contributed by atoms with Crippen LogP contribution in [0.4, 0.5) is 0 Å². The maximum atomic E-state index is 4.89. The molecule has 120 valence electrons. The Morgan fingerprint density at radius 1 is 0.667 bits per heavy atom. The van der Waals surface area contributed by atoms with Crippen LogP contribution in [0.2, 0.25) is 0 Å². The van der Waals surface area contributed by atoms with Crippen LogP contribution in [-0.2, 0) is 44.7 Å². The van der Waals surface area contributed by atoms with Gasteiger partial charge < -0.3 is 59.5 Å². The minimum Gasteiger partial charge on any atom is -0.411 e. The fourth-order valence-corrected chi connectivity index (χ4v) is 2.40. The summed E-state index contributed by atoms with van der Waals surface area (Å²) in [5, 5.41) is 0. The van der Waals surface area contributed by atoms with Gasteiger partial charge in [-0.15, -0.1) is 0 Å². The zero-order valence-electron chi connectivity index (χ0n) is 13.9. The van der Waals surface area contributed by atoms with Crippen LogP contribution < -0.4 is 0 Å². The second-order valence-corrected chi connectivity index (χ2v) is 6.57. The standard InChI is InChI=1S/2C7H15NS2.Zn/c2*1-3-5-8(6-4-2)7(9)10;/h2*3-6H2,1-2H3,(H,9,10);/q;;+2/p-2. The molecule has 0 amide bonds. The monoisotopic (exact) mass is 416 g/mol. The number of hydrogen-bond donors (Lipinski definition) is 0. The number of nitrogens with zero attached hydrogens (tertiary/aromatic N) is 2. The summed E-state index contributed by atoms with van der Waals surface area (Å²) in [6, 6.07) is 0. The van der Waals surface area contributed by atoms with Crippen molar-refractivity contribution in [3.05, 3.63) is 0 Å². The van der Waals surface area contributed by atoms with Crippen molar-refractivity contribution in [1.82, 2.24) is 9.80 Å². The first-order valence-corrected chi connectivity index (χ1v) is 8.99. The molecule has 0 rings (SSSR count). The fraction of sp³-hybridized carbons (Fsp3) is 0.857. The van der Waals surface area contributed by atoms with E-state index in [1.54, 1.807) is 0 Å². The van der Waals surface area contributed by atoms with Gasteiger partial charge in [-0.2, -0.15) is 0 Å². The van der Waals surface area contributed by atoms with E-state index >= 15 is 0 Å². The normalized spacial score (nSPS) is 8.95. The molecule has 0 radical (unpaired) electrons. The van der Waals surface area contributed by atoms with Crippen LogP contribution in [-0.4, -0.2) is 44.6 Å². The first kappa shape index (κ1) is 26.7. The third-order valence-corrected chi connectivity index (χ3v) is 3.52. The number of rotatable bonds is 8. The number of thiocarbonyl (C=S) groups is 2. The molecule has 7 heteroatoms. The van der Waals surface area contributed by atoms with E-state index in [1.165, 1.54) is 0 Å². The van der Waals surface area contributed by atoms with Gasteiger partial charge >= 0.3 is 19.5 Å². The SMILES string of the molecule is CCCN(CCC)C(=S)[S-].CCCN(CCC)C(=S)[S-].[Zn+2]. The van der Waals surface area contributed by atoms with Crippen LogP contribution in [0.25, 0.3) is 0 Å². The van der Waals surface area contributed by atoms with Crippen molar-refractivity contribution < 1.29 is 19.5 Å². The van der Waals surface area contributed by atoms with Gasteiger partial charge in [0.2, 0.25) is 0 Å². The molecule has 0 N–H and O–H groups in total. The molecule has 0 aliphatic rings. The molecule has 0 aliphatic carbocycles. The molecule has 0 bridgehead atoms. The molecule has 0 aromatic heterocycles. The minimum absolute atomic E-state index is 0. The Labute approximate surface area is 166 Å². The Bertz CT molecular complexity index is 227. The summed E-state index contributed by atoms with van der Waals surface area (Å²) >= 11 is 19.6. The van der Waals surface area contributed by atoms with Crippen LogP contribution in [0.3, 0.4) is 0 Å². The van der Waals surface area contributed by atoms with Crippen LogP contribution in [0.5, 0.6) is 0 Å². The molecule has 0 aromatic rings. The quantitative estimate of drug-likeness (QED) is 0.333. The molecule has 21 heavy (non-hydrogen) atoms. The van der Waals surface area contributed by atoms with Crippen LogP contribution >= 0.6 is 24.4 Å². The van der Waals surface area contributed by atoms with Gasteiger partial charge in [0.1, 0.15) is 0 Å². The average Bonchev–Trinajstić information content (AvgIpc) is 2.38. The molecule has 2 nitrogen and oxygen atoms in total. The van der Waals surface area contributed by atoms with Gasteiger partial charge in [-0.1, -0.05) is 36.3 Å². The van der Waals surface area contributed by atoms with Gasteiger partial charge in [-0.25, -0.2) is 0 Å². The van der Waals surface area contributed by atoms with E-state index in [9.17, 15) is 0 Å². The predicted molar refractivity (Wildman–Crippen MR) is 104 cm³/mol. The van der Waals surface area contributed by atoms with Gasteiger partial charge in [0, 0.05) is 26.2 Å². The van der Waals surface area contributed by atoms with Gasteiger partial charge in [0.15, 0.2) is 0 Å². The molecule has 0 spiro atoms. The zero-order chi connectivity index (χ0) is 16.0.